The molecule has 0 spiro atoms. The topological polar surface area (TPSA) is 50.7 Å². The van der Waals surface area contributed by atoms with Gasteiger partial charge >= 0.3 is 5.69 Å². The largest absolute Gasteiger partial charge is 0.343 e. The molecule has 0 aliphatic heterocycles. The van der Waals surface area contributed by atoms with E-state index in [1.165, 1.54) is 0 Å². The maximum Gasteiger partial charge on any atom is 0.343 e. The van der Waals surface area contributed by atoms with Crippen LogP contribution in [0.2, 0.25) is 0 Å². The number of hydrogen-bond donors (Lipinski definition) is 1. The van der Waals surface area contributed by atoms with Gasteiger partial charge in [-0.1, -0.05) is 13.0 Å². The summed E-state index contributed by atoms with van der Waals surface area (Å²) in [5.41, 5.74) is -0.129. The van der Waals surface area contributed by atoms with E-state index in [0.717, 1.165) is 17.1 Å². The molecule has 0 aromatic carbocycles. The zero-order chi connectivity index (χ0) is 9.97. The maximum atomic E-state index is 11.4. The molecule has 4 nitrogen and oxygen atoms in total. The molecule has 2 aromatic heterocycles. The Morgan fingerprint density at radius 3 is 3.14 bits per heavy atom. The third kappa shape index (κ3) is 1.50. The molecule has 1 N–H and O–H groups in total. The van der Waals surface area contributed by atoms with Gasteiger partial charge in [-0.2, -0.15) is 5.10 Å². The average molecular weight is 209 g/mol. The third-order valence-corrected chi connectivity index (χ3v) is 2.81. The molecule has 2 heterocycles. The van der Waals surface area contributed by atoms with Gasteiger partial charge in [-0.25, -0.2) is 9.89 Å². The molecule has 0 amide bonds. The van der Waals surface area contributed by atoms with E-state index in [4.69, 9.17) is 0 Å². The van der Waals surface area contributed by atoms with Gasteiger partial charge in [-0.15, -0.1) is 11.3 Å². The number of thiophene rings is 1. The fourth-order valence-electron chi connectivity index (χ4n) is 1.34. The summed E-state index contributed by atoms with van der Waals surface area (Å²) in [6.45, 7) is 2.75. The van der Waals surface area contributed by atoms with Crippen molar-refractivity contribution in [3.8, 4) is 10.7 Å². The predicted molar refractivity (Wildman–Crippen MR) is 56.5 cm³/mol. The van der Waals surface area contributed by atoms with Gasteiger partial charge < -0.3 is 0 Å². The lowest BCUT2D eigenvalue weighted by molar-refractivity contribution is 0.662. The first kappa shape index (κ1) is 9.21. The Labute approximate surface area is 85.2 Å². The predicted octanol–water partition coefficient (Wildman–Crippen LogP) is 1.71. The molecule has 0 aliphatic rings. The van der Waals surface area contributed by atoms with Crippen molar-refractivity contribution in [1.82, 2.24) is 14.8 Å². The van der Waals surface area contributed by atoms with Crippen molar-refractivity contribution in [2.75, 3.05) is 0 Å². The Balaban J connectivity index is 2.48. The highest BCUT2D eigenvalue weighted by molar-refractivity contribution is 7.13. The molecule has 0 saturated heterocycles. The minimum Gasteiger partial charge on any atom is -0.274 e. The Hall–Kier alpha value is -1.36. The van der Waals surface area contributed by atoms with Crippen LogP contribution in [0.25, 0.3) is 10.7 Å². The summed E-state index contributed by atoms with van der Waals surface area (Å²) < 4.78 is 1.67. The summed E-state index contributed by atoms with van der Waals surface area (Å²) in [6.07, 6.45) is 0.928. The fraction of sp³-hybridized carbons (Fsp3) is 0.333. The maximum absolute atomic E-state index is 11.4. The SMILES string of the molecule is CCCn1c(-c2cccs2)n[nH]c1=O. The van der Waals surface area contributed by atoms with Gasteiger partial charge in [0, 0.05) is 6.54 Å². The molecular formula is C9H11N3OS. The summed E-state index contributed by atoms with van der Waals surface area (Å²) in [4.78, 5) is 12.4. The lowest BCUT2D eigenvalue weighted by Crippen LogP contribution is -2.17. The summed E-state index contributed by atoms with van der Waals surface area (Å²) in [6, 6.07) is 3.92. The monoisotopic (exact) mass is 209 g/mol. The second-order valence-corrected chi connectivity index (χ2v) is 3.93. The minimum atomic E-state index is -0.129. The van der Waals surface area contributed by atoms with E-state index in [9.17, 15) is 4.79 Å². The number of nitrogens with one attached hydrogen (secondary N) is 1. The van der Waals surface area contributed by atoms with Crippen LogP contribution in [-0.4, -0.2) is 14.8 Å². The van der Waals surface area contributed by atoms with Crippen LogP contribution in [0, 0.1) is 0 Å². The Morgan fingerprint density at radius 2 is 2.50 bits per heavy atom. The quantitative estimate of drug-likeness (QED) is 0.836. The molecule has 0 bridgehead atoms. The van der Waals surface area contributed by atoms with E-state index < -0.39 is 0 Å². The average Bonchev–Trinajstić information content (AvgIpc) is 2.77. The standard InChI is InChI=1S/C9H11N3OS/c1-2-5-12-8(10-11-9(12)13)7-4-3-6-14-7/h3-4,6H,2,5H2,1H3,(H,11,13). The van der Waals surface area contributed by atoms with Crippen molar-refractivity contribution < 1.29 is 0 Å². The van der Waals surface area contributed by atoms with Crippen LogP contribution in [0.4, 0.5) is 0 Å². The van der Waals surface area contributed by atoms with Crippen LogP contribution in [0.3, 0.4) is 0 Å². The lowest BCUT2D eigenvalue weighted by Gasteiger charge is -2.00. The molecule has 0 saturated carbocycles. The van der Waals surface area contributed by atoms with Gasteiger partial charge in [-0.05, 0) is 17.9 Å². The number of nitrogens with zero attached hydrogens (tertiary/aromatic N) is 2. The fourth-order valence-corrected chi connectivity index (χ4v) is 2.06. The van der Waals surface area contributed by atoms with Gasteiger partial charge in [0.15, 0.2) is 5.82 Å². The first-order valence-corrected chi connectivity index (χ1v) is 5.40. The Kier molecular flexibility index (Phi) is 2.49. The van der Waals surface area contributed by atoms with E-state index in [1.54, 1.807) is 15.9 Å². The van der Waals surface area contributed by atoms with Crippen molar-refractivity contribution in [3.05, 3.63) is 28.0 Å². The summed E-state index contributed by atoms with van der Waals surface area (Å²) in [7, 11) is 0. The van der Waals surface area contributed by atoms with Gasteiger partial charge in [0.2, 0.25) is 0 Å². The molecule has 2 aromatic rings. The van der Waals surface area contributed by atoms with Gasteiger partial charge in [0.25, 0.3) is 0 Å². The van der Waals surface area contributed by atoms with Crippen molar-refractivity contribution in [3.63, 3.8) is 0 Å². The van der Waals surface area contributed by atoms with Crippen LogP contribution in [0.5, 0.6) is 0 Å². The van der Waals surface area contributed by atoms with Gasteiger partial charge in [0.1, 0.15) is 0 Å². The molecule has 14 heavy (non-hydrogen) atoms. The highest BCUT2D eigenvalue weighted by Gasteiger charge is 2.09. The van der Waals surface area contributed by atoms with Crippen LogP contribution in [0.1, 0.15) is 13.3 Å². The van der Waals surface area contributed by atoms with E-state index in [2.05, 4.69) is 10.2 Å². The van der Waals surface area contributed by atoms with Crippen molar-refractivity contribution in [2.24, 2.45) is 0 Å². The van der Waals surface area contributed by atoms with E-state index in [1.807, 2.05) is 24.4 Å². The summed E-state index contributed by atoms with van der Waals surface area (Å²) in [5, 5.41) is 8.46. The van der Waals surface area contributed by atoms with Crippen molar-refractivity contribution in [2.45, 2.75) is 19.9 Å². The molecular weight excluding hydrogens is 198 g/mol. The molecule has 0 radical (unpaired) electrons. The molecule has 74 valence electrons. The van der Waals surface area contributed by atoms with Crippen LogP contribution in [0.15, 0.2) is 22.3 Å². The Bertz CT molecular complexity index is 455. The molecule has 2 rings (SSSR count). The van der Waals surface area contributed by atoms with Crippen LogP contribution < -0.4 is 5.69 Å². The van der Waals surface area contributed by atoms with Crippen LogP contribution >= 0.6 is 11.3 Å². The van der Waals surface area contributed by atoms with E-state index >= 15 is 0 Å². The number of aromatic nitrogens is 3. The second kappa shape index (κ2) is 3.79. The number of H-pyrrole nitrogens is 1. The van der Waals surface area contributed by atoms with Crippen molar-refractivity contribution in [1.29, 1.82) is 0 Å². The highest BCUT2D eigenvalue weighted by atomic mass is 32.1. The molecule has 5 heteroatoms. The van der Waals surface area contributed by atoms with Gasteiger partial charge in [-0.3, -0.25) is 4.57 Å². The zero-order valence-corrected chi connectivity index (χ0v) is 8.67. The first-order valence-electron chi connectivity index (χ1n) is 4.52. The zero-order valence-electron chi connectivity index (χ0n) is 7.86. The normalized spacial score (nSPS) is 10.6. The molecule has 0 atom stereocenters. The first-order chi connectivity index (χ1) is 6.83. The van der Waals surface area contributed by atoms with E-state index in [0.29, 0.717) is 6.54 Å². The molecule has 0 unspecified atom stereocenters. The number of hydrogen-bond acceptors (Lipinski definition) is 3. The number of aromatic amines is 1. The van der Waals surface area contributed by atoms with Crippen LogP contribution in [-0.2, 0) is 6.54 Å². The molecule has 0 aliphatic carbocycles. The summed E-state index contributed by atoms with van der Waals surface area (Å²) in [5.74, 6) is 0.742. The summed E-state index contributed by atoms with van der Waals surface area (Å²) >= 11 is 1.59. The van der Waals surface area contributed by atoms with Gasteiger partial charge in [0.05, 0.1) is 4.88 Å². The Morgan fingerprint density at radius 1 is 1.64 bits per heavy atom. The van der Waals surface area contributed by atoms with Crippen molar-refractivity contribution >= 4 is 11.3 Å². The second-order valence-electron chi connectivity index (χ2n) is 2.98. The molecule has 0 fully saturated rings. The highest BCUT2D eigenvalue weighted by Crippen LogP contribution is 2.20. The lowest BCUT2D eigenvalue weighted by atomic mass is 10.4. The minimum absolute atomic E-state index is 0.129. The third-order valence-electron chi connectivity index (χ3n) is 1.95. The number of rotatable bonds is 3. The van der Waals surface area contributed by atoms with E-state index in [-0.39, 0.29) is 5.69 Å². The smallest absolute Gasteiger partial charge is 0.274 e.